The van der Waals surface area contributed by atoms with Crippen molar-refractivity contribution in [1.82, 2.24) is 0 Å². The number of hydrogen-bond donors (Lipinski definition) is 1. The zero-order valence-electron chi connectivity index (χ0n) is 35.0. The zero-order valence-corrected chi connectivity index (χ0v) is 35.0. The molecule has 0 aromatic rings. The summed E-state index contributed by atoms with van der Waals surface area (Å²) >= 11 is 0. The molecule has 0 aliphatic rings. The Kier molecular flexibility index (Phi) is 34.8. The van der Waals surface area contributed by atoms with E-state index in [4.69, 9.17) is 14.2 Å². The first-order valence-corrected chi connectivity index (χ1v) is 21.5. The number of carbonyl (C=O) groups excluding carboxylic acids is 2. The predicted octanol–water partition coefficient (Wildman–Crippen LogP) is 11.5. The van der Waals surface area contributed by atoms with Crippen molar-refractivity contribution in [2.75, 3.05) is 41.0 Å². The molecule has 0 bridgehead atoms. The quantitative estimate of drug-likeness (QED) is 0.0290. The Bertz CT molecular complexity index is 968. The molecule has 2 atom stereocenters. The van der Waals surface area contributed by atoms with Crippen molar-refractivity contribution in [2.45, 2.75) is 193 Å². The summed E-state index contributed by atoms with van der Waals surface area (Å²) in [5.74, 6) is -1.53. The summed E-state index contributed by atoms with van der Waals surface area (Å²) in [5.41, 5.74) is 0. The van der Waals surface area contributed by atoms with Crippen LogP contribution in [-0.4, -0.2) is 80.6 Å². The van der Waals surface area contributed by atoms with Crippen molar-refractivity contribution in [3.8, 4) is 0 Å². The molecule has 0 aromatic heterocycles. The predicted molar refractivity (Wildman–Crippen MR) is 220 cm³/mol. The van der Waals surface area contributed by atoms with Crippen LogP contribution in [0.4, 0.5) is 0 Å². The molecule has 8 heteroatoms. The van der Waals surface area contributed by atoms with Crippen LogP contribution >= 0.6 is 0 Å². The second-order valence-electron chi connectivity index (χ2n) is 15.6. The van der Waals surface area contributed by atoms with E-state index in [1.165, 1.54) is 96.3 Å². The van der Waals surface area contributed by atoms with Crippen molar-refractivity contribution in [2.24, 2.45) is 0 Å². The Labute approximate surface area is 325 Å². The molecule has 0 heterocycles. The molecule has 0 spiro atoms. The van der Waals surface area contributed by atoms with Gasteiger partial charge in [0.05, 0.1) is 34.4 Å². The number of esters is 2. The normalized spacial score (nSPS) is 13.3. The van der Waals surface area contributed by atoms with Gasteiger partial charge < -0.3 is 23.8 Å². The molecular weight excluding hydrogens is 666 g/mol. The molecule has 0 fully saturated rings. The lowest BCUT2D eigenvalue weighted by atomic mass is 10.0. The highest BCUT2D eigenvalue weighted by atomic mass is 16.6. The van der Waals surface area contributed by atoms with E-state index in [0.29, 0.717) is 19.3 Å². The van der Waals surface area contributed by atoms with E-state index < -0.39 is 18.1 Å². The maximum atomic E-state index is 12.7. The third kappa shape index (κ3) is 35.0. The zero-order chi connectivity index (χ0) is 39.3. The molecule has 0 aromatic carbocycles. The van der Waals surface area contributed by atoms with E-state index in [1.807, 2.05) is 21.1 Å². The summed E-state index contributed by atoms with van der Waals surface area (Å²) in [6, 6.07) is -0.619. The van der Waals surface area contributed by atoms with Crippen molar-refractivity contribution in [3.63, 3.8) is 0 Å². The van der Waals surface area contributed by atoms with Crippen LogP contribution in [-0.2, 0) is 28.6 Å². The number of carboxylic acids is 1. The minimum Gasteiger partial charge on any atom is -0.477 e. The average molecular weight is 749 g/mol. The molecule has 8 nitrogen and oxygen atoms in total. The topological polar surface area (TPSA) is 99.1 Å². The summed E-state index contributed by atoms with van der Waals surface area (Å²) in [4.78, 5) is 36.9. The Morgan fingerprint density at radius 1 is 0.585 bits per heavy atom. The smallest absolute Gasteiger partial charge is 0.362 e. The lowest BCUT2D eigenvalue weighted by Gasteiger charge is -2.31. The third-order valence-electron chi connectivity index (χ3n) is 9.55. The number of carbonyl (C=O) groups is 3. The number of likely N-dealkylation sites (N-methyl/N-ethyl adjacent to an activating group) is 1. The van der Waals surface area contributed by atoms with E-state index in [9.17, 15) is 19.5 Å². The van der Waals surface area contributed by atoms with Crippen LogP contribution in [0.3, 0.4) is 0 Å². The monoisotopic (exact) mass is 749 g/mol. The molecule has 0 amide bonds. The van der Waals surface area contributed by atoms with Crippen LogP contribution in [0.1, 0.15) is 181 Å². The molecule has 308 valence electrons. The fraction of sp³-hybridized carbons (Fsp3) is 0.800. The molecule has 0 aliphatic heterocycles. The second kappa shape index (κ2) is 36.5. The Morgan fingerprint density at radius 3 is 1.55 bits per heavy atom. The molecule has 1 N–H and O–H groups in total. The molecule has 2 unspecified atom stereocenters. The van der Waals surface area contributed by atoms with Gasteiger partial charge in [-0.2, -0.15) is 0 Å². The maximum Gasteiger partial charge on any atom is 0.362 e. The molecule has 0 aliphatic carbocycles. The van der Waals surface area contributed by atoms with Crippen LogP contribution in [0.25, 0.3) is 0 Å². The van der Waals surface area contributed by atoms with Crippen molar-refractivity contribution < 1.29 is 38.2 Å². The second-order valence-corrected chi connectivity index (χ2v) is 15.6. The van der Waals surface area contributed by atoms with E-state index >= 15 is 0 Å². The number of aliphatic carboxylic acids is 1. The number of unbranched alkanes of at least 4 members (excludes halogenated alkanes) is 18. The molecule has 0 rings (SSSR count). The van der Waals surface area contributed by atoms with Gasteiger partial charge in [0.1, 0.15) is 6.61 Å². The van der Waals surface area contributed by atoms with Crippen molar-refractivity contribution in [1.29, 1.82) is 0 Å². The van der Waals surface area contributed by atoms with Crippen molar-refractivity contribution in [3.05, 3.63) is 36.5 Å². The Morgan fingerprint density at radius 2 is 1.06 bits per heavy atom. The highest BCUT2D eigenvalue weighted by molar-refractivity contribution is 5.72. The first kappa shape index (κ1) is 50.5. The van der Waals surface area contributed by atoms with Gasteiger partial charge in [0.2, 0.25) is 0 Å². The number of carboxylic acid groups (broad SMARTS) is 1. The minimum absolute atomic E-state index is 0.0477. The average Bonchev–Trinajstić information content (AvgIpc) is 3.11. The summed E-state index contributed by atoms with van der Waals surface area (Å²) in [6.45, 7) is 4.57. The highest BCUT2D eigenvalue weighted by Crippen LogP contribution is 2.15. The molecule has 0 saturated heterocycles. The van der Waals surface area contributed by atoms with E-state index in [1.54, 1.807) is 0 Å². The maximum absolute atomic E-state index is 12.7. The van der Waals surface area contributed by atoms with Crippen molar-refractivity contribution >= 4 is 17.9 Å². The van der Waals surface area contributed by atoms with Crippen LogP contribution in [0.2, 0.25) is 0 Å². The van der Waals surface area contributed by atoms with Gasteiger partial charge in [-0.1, -0.05) is 159 Å². The van der Waals surface area contributed by atoms with Crippen LogP contribution < -0.4 is 0 Å². The summed E-state index contributed by atoms with van der Waals surface area (Å²) in [5, 5.41) is 9.60. The van der Waals surface area contributed by atoms with Gasteiger partial charge in [0.15, 0.2) is 12.1 Å². The lowest BCUT2D eigenvalue weighted by Crippen LogP contribution is -2.50. The summed E-state index contributed by atoms with van der Waals surface area (Å²) < 4.78 is 17.2. The van der Waals surface area contributed by atoms with Crippen LogP contribution in [0.5, 0.6) is 0 Å². The van der Waals surface area contributed by atoms with Gasteiger partial charge in [0.25, 0.3) is 0 Å². The van der Waals surface area contributed by atoms with Gasteiger partial charge in [-0.3, -0.25) is 9.59 Å². The lowest BCUT2D eigenvalue weighted by molar-refractivity contribution is -0.887. The van der Waals surface area contributed by atoms with Gasteiger partial charge in [-0.05, 0) is 38.5 Å². The molecule has 0 radical (unpaired) electrons. The Hall–Kier alpha value is -2.45. The fourth-order valence-electron chi connectivity index (χ4n) is 6.23. The minimum atomic E-state index is -0.881. The largest absolute Gasteiger partial charge is 0.477 e. The Balaban J connectivity index is 4.34. The van der Waals surface area contributed by atoms with Gasteiger partial charge in [-0.25, -0.2) is 4.79 Å². The van der Waals surface area contributed by atoms with Gasteiger partial charge in [-0.15, -0.1) is 0 Å². The molecule has 53 heavy (non-hydrogen) atoms. The number of rotatable bonds is 38. The van der Waals surface area contributed by atoms with Gasteiger partial charge in [0, 0.05) is 19.3 Å². The molecular formula is C45H82NO7+. The third-order valence-corrected chi connectivity index (χ3v) is 9.55. The number of ether oxygens (including phenoxy) is 3. The van der Waals surface area contributed by atoms with Gasteiger partial charge >= 0.3 is 17.9 Å². The standard InChI is InChI=1S/C45H81NO7/c1-6-8-10-12-14-16-18-19-20-21-22-23-24-26-28-30-32-34-36-44(48)53-41(39-51-38-37-42(45(49)50)46(3,4)5)40-52-43(47)35-33-31-29-27-25-17-15-13-11-9-7-2/h9,11,15,17,27,29,41-42H,6-8,10,12-14,16,18-26,28,30-40H2,1-5H3/p+1/b11-9+,17-15+,29-27+. The first-order valence-electron chi connectivity index (χ1n) is 21.5. The number of allylic oxidation sites excluding steroid dienone is 6. The van der Waals surface area contributed by atoms with Crippen LogP contribution in [0.15, 0.2) is 36.5 Å². The summed E-state index contributed by atoms with van der Waals surface area (Å²) in [7, 11) is 5.51. The number of hydrogen-bond acceptors (Lipinski definition) is 6. The van der Waals surface area contributed by atoms with Crippen LogP contribution in [0, 0.1) is 0 Å². The van der Waals surface area contributed by atoms with E-state index in [-0.39, 0.29) is 42.7 Å². The summed E-state index contributed by atoms with van der Waals surface area (Å²) in [6.07, 6.45) is 40.6. The van der Waals surface area contributed by atoms with E-state index in [2.05, 4.69) is 50.3 Å². The highest BCUT2D eigenvalue weighted by Gasteiger charge is 2.31. The number of nitrogens with zero attached hydrogens (tertiary/aromatic N) is 1. The number of quaternary nitrogens is 1. The van der Waals surface area contributed by atoms with E-state index in [0.717, 1.165) is 44.9 Å². The molecule has 0 saturated carbocycles. The SMILES string of the molecule is CC/C=C/C/C=C/C/C=C/CCCC(=O)OCC(COCCC(C(=O)O)[N+](C)(C)C)OC(=O)CCCCCCCCCCCCCCCCCCCC. The first-order chi connectivity index (χ1) is 25.6. The fourth-order valence-corrected chi connectivity index (χ4v) is 6.23.